The molecule has 38 heavy (non-hydrogen) atoms. The predicted molar refractivity (Wildman–Crippen MR) is 145 cm³/mol. The Bertz CT molecular complexity index is 1340. The molecular formula is C26H31N5O6S. The Kier molecular flexibility index (Phi) is 8.46. The van der Waals surface area contributed by atoms with Crippen molar-refractivity contribution in [1.29, 1.82) is 0 Å². The summed E-state index contributed by atoms with van der Waals surface area (Å²) in [5.74, 6) is -1.34. The number of carbonyl (C=O) groups excluding carboxylic acids is 3. The zero-order valence-electron chi connectivity index (χ0n) is 21.8. The lowest BCUT2D eigenvalue weighted by Crippen LogP contribution is -2.50. The highest BCUT2D eigenvalue weighted by molar-refractivity contribution is 7.09. The summed E-state index contributed by atoms with van der Waals surface area (Å²) < 4.78 is 14.7. The van der Waals surface area contributed by atoms with Gasteiger partial charge >= 0.3 is 0 Å². The van der Waals surface area contributed by atoms with Crippen LogP contribution < -0.4 is 31.2 Å². The van der Waals surface area contributed by atoms with E-state index in [1.165, 1.54) is 31.3 Å². The number of nitrogens with zero attached hydrogens (tertiary/aromatic N) is 2. The number of ether oxygens (including phenoxy) is 2. The number of carbonyl (C=O) groups is 3. The molecule has 202 valence electrons. The molecule has 0 fully saturated rings. The molecule has 0 bridgehead atoms. The second-order valence-electron chi connectivity index (χ2n) is 9.07. The van der Waals surface area contributed by atoms with E-state index in [9.17, 15) is 19.5 Å². The van der Waals surface area contributed by atoms with Crippen LogP contribution in [0.2, 0.25) is 0 Å². The SMILES string of the molecule is CCC(C)(C)NC(=O)C(c1ccc(O)cc1)N(C(=O)c1snc(C(N)=O)c1N)c1ccc(OC)c(OC)c1. The molecule has 1 heterocycles. The molecule has 0 aliphatic rings. The first-order chi connectivity index (χ1) is 17.9. The van der Waals surface area contributed by atoms with Crippen LogP contribution in [-0.4, -0.2) is 47.0 Å². The first kappa shape index (κ1) is 28.3. The van der Waals surface area contributed by atoms with Crippen molar-refractivity contribution in [1.82, 2.24) is 9.69 Å². The first-order valence-corrected chi connectivity index (χ1v) is 12.4. The molecular weight excluding hydrogens is 510 g/mol. The zero-order valence-corrected chi connectivity index (χ0v) is 22.6. The molecule has 3 amide bonds. The molecule has 0 saturated carbocycles. The number of anilines is 2. The maximum absolute atomic E-state index is 14.1. The molecule has 11 nitrogen and oxygen atoms in total. The number of nitrogen functional groups attached to an aromatic ring is 1. The Morgan fingerprint density at radius 2 is 1.74 bits per heavy atom. The van der Waals surface area contributed by atoms with E-state index in [1.54, 1.807) is 30.3 Å². The molecule has 2 aromatic carbocycles. The number of phenolic OH excluding ortho intramolecular Hbond substituents is 1. The highest BCUT2D eigenvalue weighted by Gasteiger charge is 2.38. The maximum Gasteiger partial charge on any atom is 0.273 e. The molecule has 3 rings (SSSR count). The Morgan fingerprint density at radius 1 is 1.11 bits per heavy atom. The van der Waals surface area contributed by atoms with Crippen LogP contribution in [0.25, 0.3) is 0 Å². The number of amides is 3. The fourth-order valence-electron chi connectivity index (χ4n) is 3.66. The Hall–Kier alpha value is -4.32. The lowest BCUT2D eigenvalue weighted by molar-refractivity contribution is -0.124. The van der Waals surface area contributed by atoms with Crippen molar-refractivity contribution in [2.45, 2.75) is 38.8 Å². The Morgan fingerprint density at radius 3 is 2.26 bits per heavy atom. The number of hydrogen-bond donors (Lipinski definition) is 4. The second kappa shape index (κ2) is 11.4. The summed E-state index contributed by atoms with van der Waals surface area (Å²) in [6.45, 7) is 5.65. The lowest BCUT2D eigenvalue weighted by atomic mass is 9.98. The standard InChI is InChI=1S/C26H31N5O6S/c1-6-26(2,3)29-24(34)21(14-7-10-16(32)11-8-14)31(15-9-12-17(36-4)18(13-15)37-5)25(35)22-19(27)20(23(28)33)30-38-22/h7-13,21,32H,6,27H2,1-5H3,(H2,28,33)(H,29,34). The molecule has 0 saturated heterocycles. The average Bonchev–Trinajstić information content (AvgIpc) is 3.28. The molecule has 0 aliphatic heterocycles. The minimum atomic E-state index is -1.22. The van der Waals surface area contributed by atoms with Gasteiger partial charge in [-0.3, -0.25) is 19.3 Å². The highest BCUT2D eigenvalue weighted by Crippen LogP contribution is 2.38. The number of primary amides is 1. The quantitative estimate of drug-likeness (QED) is 0.303. The van der Waals surface area contributed by atoms with Crippen LogP contribution in [0.5, 0.6) is 17.2 Å². The summed E-state index contributed by atoms with van der Waals surface area (Å²) >= 11 is 0.703. The fourth-order valence-corrected chi connectivity index (χ4v) is 4.40. The number of aromatic nitrogens is 1. The molecule has 1 unspecified atom stereocenters. The van der Waals surface area contributed by atoms with Crippen molar-refractivity contribution < 1.29 is 29.0 Å². The molecule has 12 heteroatoms. The number of nitrogens with one attached hydrogen (secondary N) is 1. The summed E-state index contributed by atoms with van der Waals surface area (Å²) in [7, 11) is 2.92. The minimum absolute atomic E-state index is 0.0106. The van der Waals surface area contributed by atoms with E-state index in [-0.39, 0.29) is 27.7 Å². The second-order valence-corrected chi connectivity index (χ2v) is 9.85. The van der Waals surface area contributed by atoms with Crippen LogP contribution in [0, 0.1) is 0 Å². The average molecular weight is 542 g/mol. The molecule has 1 atom stereocenters. The van der Waals surface area contributed by atoms with E-state index >= 15 is 0 Å². The van der Waals surface area contributed by atoms with Crippen LogP contribution in [0.1, 0.15) is 59.0 Å². The van der Waals surface area contributed by atoms with Crippen LogP contribution in [0.3, 0.4) is 0 Å². The molecule has 0 aliphatic carbocycles. The third-order valence-electron chi connectivity index (χ3n) is 6.08. The van der Waals surface area contributed by atoms with E-state index in [1.807, 2.05) is 20.8 Å². The number of nitrogens with two attached hydrogens (primary N) is 2. The van der Waals surface area contributed by atoms with Crippen LogP contribution in [0.15, 0.2) is 42.5 Å². The fraction of sp³-hybridized carbons (Fsp3) is 0.308. The third kappa shape index (κ3) is 5.80. The molecule has 0 radical (unpaired) electrons. The molecule has 1 aromatic heterocycles. The third-order valence-corrected chi connectivity index (χ3v) is 6.93. The van der Waals surface area contributed by atoms with Gasteiger partial charge in [0.1, 0.15) is 16.7 Å². The van der Waals surface area contributed by atoms with Crippen molar-refractivity contribution in [3.05, 3.63) is 58.6 Å². The van der Waals surface area contributed by atoms with Crippen molar-refractivity contribution in [2.75, 3.05) is 24.9 Å². The van der Waals surface area contributed by atoms with E-state index in [2.05, 4.69) is 9.69 Å². The largest absolute Gasteiger partial charge is 0.508 e. The summed E-state index contributed by atoms with van der Waals surface area (Å²) in [4.78, 5) is 41.0. The normalized spacial score (nSPS) is 11.9. The summed E-state index contributed by atoms with van der Waals surface area (Å²) in [5, 5.41) is 12.9. The first-order valence-electron chi connectivity index (χ1n) is 11.7. The van der Waals surface area contributed by atoms with Gasteiger partial charge in [-0.15, -0.1) is 0 Å². The molecule has 0 spiro atoms. The minimum Gasteiger partial charge on any atom is -0.508 e. The van der Waals surface area contributed by atoms with E-state index in [0.29, 0.717) is 35.0 Å². The summed E-state index contributed by atoms with van der Waals surface area (Å²) in [6.07, 6.45) is 0.620. The van der Waals surface area contributed by atoms with Crippen molar-refractivity contribution >= 4 is 40.6 Å². The van der Waals surface area contributed by atoms with Gasteiger partial charge in [-0.2, -0.15) is 4.37 Å². The van der Waals surface area contributed by atoms with Crippen LogP contribution in [-0.2, 0) is 4.79 Å². The van der Waals surface area contributed by atoms with Crippen molar-refractivity contribution in [3.63, 3.8) is 0 Å². The van der Waals surface area contributed by atoms with Crippen molar-refractivity contribution in [3.8, 4) is 17.2 Å². The van der Waals surface area contributed by atoms with Crippen molar-refractivity contribution in [2.24, 2.45) is 5.73 Å². The number of phenols is 1. The Balaban J connectivity index is 2.29. The summed E-state index contributed by atoms with van der Waals surface area (Å²) in [5.41, 5.74) is 11.1. The zero-order chi connectivity index (χ0) is 28.2. The number of aromatic hydroxyl groups is 1. The monoisotopic (exact) mass is 541 g/mol. The predicted octanol–water partition coefficient (Wildman–Crippen LogP) is 3.24. The van der Waals surface area contributed by atoms with Crippen LogP contribution in [0.4, 0.5) is 11.4 Å². The molecule has 6 N–H and O–H groups in total. The van der Waals surface area contributed by atoms with Gasteiger partial charge in [0.2, 0.25) is 5.91 Å². The van der Waals surface area contributed by atoms with Gasteiger partial charge in [0.15, 0.2) is 17.2 Å². The lowest BCUT2D eigenvalue weighted by Gasteiger charge is -2.34. The number of benzene rings is 2. The summed E-state index contributed by atoms with van der Waals surface area (Å²) in [6, 6.07) is 9.46. The number of methoxy groups -OCH3 is 2. The number of hydrogen-bond acceptors (Lipinski definition) is 9. The van der Waals surface area contributed by atoms with Gasteiger partial charge in [0.05, 0.1) is 19.9 Å². The van der Waals surface area contributed by atoms with Crippen LogP contribution >= 0.6 is 11.5 Å². The van der Waals surface area contributed by atoms with Gasteiger partial charge in [0.25, 0.3) is 11.8 Å². The van der Waals surface area contributed by atoms with Gasteiger partial charge in [-0.25, -0.2) is 0 Å². The van der Waals surface area contributed by atoms with Gasteiger partial charge in [0, 0.05) is 17.3 Å². The van der Waals surface area contributed by atoms with Gasteiger partial charge in [-0.05, 0) is 61.6 Å². The van der Waals surface area contributed by atoms with Gasteiger partial charge in [-0.1, -0.05) is 19.1 Å². The highest BCUT2D eigenvalue weighted by atomic mass is 32.1. The smallest absolute Gasteiger partial charge is 0.273 e. The Labute approximate surface area is 224 Å². The topological polar surface area (TPSA) is 170 Å². The number of rotatable bonds is 10. The van der Waals surface area contributed by atoms with E-state index in [0.717, 1.165) is 0 Å². The maximum atomic E-state index is 14.1. The molecule has 3 aromatic rings. The van der Waals surface area contributed by atoms with Gasteiger partial charge < -0.3 is 31.4 Å². The van der Waals surface area contributed by atoms with E-state index in [4.69, 9.17) is 20.9 Å². The van der Waals surface area contributed by atoms with E-state index < -0.39 is 29.3 Å².